The van der Waals surface area contributed by atoms with Crippen LogP contribution in [0.4, 0.5) is 11.4 Å². The predicted molar refractivity (Wildman–Crippen MR) is 207 cm³/mol. The molecule has 0 amide bonds. The zero-order chi connectivity index (χ0) is 34.6. The van der Waals surface area contributed by atoms with Gasteiger partial charge in [-0.15, -0.1) is 0 Å². The monoisotopic (exact) mass is 678 g/mol. The van der Waals surface area contributed by atoms with Crippen molar-refractivity contribution in [3.8, 4) is 22.6 Å². The number of hydrogen-bond donors (Lipinski definition) is 0. The van der Waals surface area contributed by atoms with Crippen LogP contribution < -0.4 is 19.3 Å². The standard InChI is InChI=1S/C45H46N2O4/c1-4-44(5-2)40-9-7-6-8-37(40)41-36-19-18-35(48-3)30-39(36)43-38(42(41)44)20-21-45(51-43,31-10-14-33(15-11-31)46-22-26-49-27-23-46)32-12-16-34(17-13-32)47-24-28-50-29-25-47/h6-21,30H,4-5,22-29H2,1-3H3. The van der Waals surface area contributed by atoms with Gasteiger partial charge < -0.3 is 28.7 Å². The lowest BCUT2D eigenvalue weighted by Crippen LogP contribution is -2.37. The Hall–Kier alpha value is -4.78. The maximum atomic E-state index is 7.67. The van der Waals surface area contributed by atoms with Crippen molar-refractivity contribution in [3.63, 3.8) is 0 Å². The Morgan fingerprint density at radius 1 is 0.686 bits per heavy atom. The quantitative estimate of drug-likeness (QED) is 0.171. The van der Waals surface area contributed by atoms with Gasteiger partial charge in [0.05, 0.1) is 33.5 Å². The van der Waals surface area contributed by atoms with E-state index in [4.69, 9.17) is 18.9 Å². The van der Waals surface area contributed by atoms with E-state index in [1.165, 1.54) is 44.6 Å². The Morgan fingerprint density at radius 2 is 1.27 bits per heavy atom. The lowest BCUT2D eigenvalue weighted by atomic mass is 9.71. The van der Waals surface area contributed by atoms with Crippen molar-refractivity contribution in [2.24, 2.45) is 0 Å². The fourth-order valence-electron chi connectivity index (χ4n) is 9.22. The van der Waals surface area contributed by atoms with Gasteiger partial charge in [-0.2, -0.15) is 0 Å². The molecule has 2 saturated heterocycles. The Kier molecular flexibility index (Phi) is 8.05. The maximum absolute atomic E-state index is 7.67. The Balaban J connectivity index is 1.26. The Bertz CT molecular complexity index is 2040. The van der Waals surface area contributed by atoms with Gasteiger partial charge in [-0.1, -0.05) is 68.5 Å². The molecule has 0 saturated carbocycles. The van der Waals surface area contributed by atoms with Crippen molar-refractivity contribution >= 4 is 28.2 Å². The summed E-state index contributed by atoms with van der Waals surface area (Å²) in [7, 11) is 1.74. The summed E-state index contributed by atoms with van der Waals surface area (Å²) in [6, 6.07) is 33.5. The third-order valence-corrected chi connectivity index (χ3v) is 12.0. The Labute approximate surface area is 301 Å². The molecule has 5 aromatic carbocycles. The molecule has 0 bridgehead atoms. The summed E-state index contributed by atoms with van der Waals surface area (Å²) in [4.78, 5) is 4.81. The molecule has 5 aromatic rings. The van der Waals surface area contributed by atoms with Crippen molar-refractivity contribution in [2.45, 2.75) is 37.7 Å². The van der Waals surface area contributed by atoms with E-state index in [9.17, 15) is 0 Å². The number of rotatable bonds is 7. The number of fused-ring (bicyclic) bond motifs is 8. The van der Waals surface area contributed by atoms with Crippen LogP contribution in [-0.2, 0) is 20.5 Å². The minimum Gasteiger partial charge on any atom is -0.497 e. The number of nitrogens with zero attached hydrogens (tertiary/aromatic N) is 2. The number of morpholine rings is 2. The number of anilines is 2. The van der Waals surface area contributed by atoms with Crippen LogP contribution in [-0.4, -0.2) is 59.7 Å². The summed E-state index contributed by atoms with van der Waals surface area (Å²) in [5.41, 5.74) is 10.3. The van der Waals surface area contributed by atoms with Crippen molar-refractivity contribution < 1.29 is 18.9 Å². The fraction of sp³-hybridized carbons (Fsp3) is 0.333. The molecule has 1 aliphatic carbocycles. The average Bonchev–Trinajstić information content (AvgIpc) is 3.52. The normalized spacial score (nSPS) is 18.6. The van der Waals surface area contributed by atoms with Crippen LogP contribution >= 0.6 is 0 Å². The van der Waals surface area contributed by atoms with Gasteiger partial charge in [0.1, 0.15) is 11.5 Å². The molecule has 3 aliphatic heterocycles. The van der Waals surface area contributed by atoms with Crippen LogP contribution in [0.2, 0.25) is 0 Å². The minimum atomic E-state index is -0.850. The average molecular weight is 679 g/mol. The summed E-state index contributed by atoms with van der Waals surface area (Å²) in [6.45, 7) is 11.3. The van der Waals surface area contributed by atoms with E-state index in [0.717, 1.165) is 93.5 Å². The molecular formula is C45H46N2O4. The Morgan fingerprint density at radius 3 is 1.84 bits per heavy atom. The molecule has 0 unspecified atom stereocenters. The third kappa shape index (κ3) is 4.98. The van der Waals surface area contributed by atoms with E-state index in [1.54, 1.807) is 7.11 Å². The molecule has 9 rings (SSSR count). The highest BCUT2D eigenvalue weighted by molar-refractivity contribution is 6.09. The first-order chi connectivity index (χ1) is 25.1. The summed E-state index contributed by atoms with van der Waals surface area (Å²) in [6.07, 6.45) is 6.70. The second-order valence-electron chi connectivity index (χ2n) is 14.2. The molecule has 0 radical (unpaired) electrons. The van der Waals surface area contributed by atoms with Gasteiger partial charge in [0.15, 0.2) is 5.60 Å². The number of benzene rings is 5. The summed E-state index contributed by atoms with van der Waals surface area (Å²) < 4.78 is 24.8. The van der Waals surface area contributed by atoms with Gasteiger partial charge in [0.25, 0.3) is 0 Å². The van der Waals surface area contributed by atoms with Crippen molar-refractivity contribution in [2.75, 3.05) is 69.5 Å². The molecular weight excluding hydrogens is 633 g/mol. The number of methoxy groups -OCH3 is 1. The van der Waals surface area contributed by atoms with E-state index in [-0.39, 0.29) is 5.41 Å². The second-order valence-corrected chi connectivity index (χ2v) is 14.2. The lowest BCUT2D eigenvalue weighted by molar-refractivity contribution is 0.122. The molecule has 51 heavy (non-hydrogen) atoms. The van der Waals surface area contributed by atoms with Crippen LogP contribution in [0.15, 0.2) is 97.1 Å². The smallest absolute Gasteiger partial charge is 0.178 e. The van der Waals surface area contributed by atoms with E-state index in [0.29, 0.717) is 0 Å². The van der Waals surface area contributed by atoms with Gasteiger partial charge >= 0.3 is 0 Å². The van der Waals surface area contributed by atoms with E-state index in [2.05, 4.69) is 127 Å². The first-order valence-electron chi connectivity index (χ1n) is 18.6. The third-order valence-electron chi connectivity index (χ3n) is 12.0. The van der Waals surface area contributed by atoms with E-state index < -0.39 is 5.60 Å². The van der Waals surface area contributed by atoms with Crippen LogP contribution in [0.3, 0.4) is 0 Å². The molecule has 4 aliphatic rings. The molecule has 0 atom stereocenters. The van der Waals surface area contributed by atoms with Crippen molar-refractivity contribution in [1.29, 1.82) is 0 Å². The topological polar surface area (TPSA) is 43.4 Å². The van der Waals surface area contributed by atoms with Gasteiger partial charge in [-0.05, 0) is 89.0 Å². The van der Waals surface area contributed by atoms with Gasteiger partial charge in [-0.3, -0.25) is 0 Å². The highest BCUT2D eigenvalue weighted by Gasteiger charge is 2.46. The highest BCUT2D eigenvalue weighted by Crippen LogP contribution is 2.60. The van der Waals surface area contributed by atoms with E-state index in [1.807, 2.05) is 0 Å². The first kappa shape index (κ1) is 32.1. The summed E-state index contributed by atoms with van der Waals surface area (Å²) >= 11 is 0. The SMILES string of the molecule is CCC1(CC)c2ccccc2-c2c1c1c(c3cc(OC)ccc23)OC(c2ccc(N3CCOCC3)cc2)(c2ccc(N3CCOCC3)cc2)C=C1. The van der Waals surface area contributed by atoms with Gasteiger partial charge in [0, 0.05) is 65.0 Å². The fourth-order valence-corrected chi connectivity index (χ4v) is 9.22. The summed E-state index contributed by atoms with van der Waals surface area (Å²) in [5, 5.41) is 2.28. The van der Waals surface area contributed by atoms with Crippen LogP contribution in [0.25, 0.3) is 28.0 Å². The maximum Gasteiger partial charge on any atom is 0.178 e. The van der Waals surface area contributed by atoms with Gasteiger partial charge in [-0.25, -0.2) is 0 Å². The zero-order valence-electron chi connectivity index (χ0n) is 29.9. The van der Waals surface area contributed by atoms with Crippen LogP contribution in [0.1, 0.15) is 54.5 Å². The number of hydrogen-bond acceptors (Lipinski definition) is 6. The van der Waals surface area contributed by atoms with Crippen molar-refractivity contribution in [1.82, 2.24) is 0 Å². The molecule has 6 heteroatoms. The van der Waals surface area contributed by atoms with Crippen LogP contribution in [0.5, 0.6) is 11.5 Å². The second kappa shape index (κ2) is 12.8. The van der Waals surface area contributed by atoms with Crippen LogP contribution in [0, 0.1) is 0 Å². The highest BCUT2D eigenvalue weighted by atomic mass is 16.5. The zero-order valence-corrected chi connectivity index (χ0v) is 29.9. The van der Waals surface area contributed by atoms with Gasteiger partial charge in [0.2, 0.25) is 0 Å². The largest absolute Gasteiger partial charge is 0.497 e. The minimum absolute atomic E-state index is 0.114. The van der Waals surface area contributed by atoms with Crippen molar-refractivity contribution in [3.05, 3.63) is 125 Å². The number of ether oxygens (including phenoxy) is 4. The first-order valence-corrected chi connectivity index (χ1v) is 18.6. The molecule has 0 N–H and O–H groups in total. The predicted octanol–water partition coefficient (Wildman–Crippen LogP) is 8.96. The molecule has 0 spiro atoms. The molecule has 0 aromatic heterocycles. The summed E-state index contributed by atoms with van der Waals surface area (Å²) in [5.74, 6) is 1.74. The lowest BCUT2D eigenvalue weighted by Gasteiger charge is -2.40. The van der Waals surface area contributed by atoms with E-state index >= 15 is 0 Å². The molecule has 260 valence electrons. The molecule has 6 nitrogen and oxygen atoms in total. The molecule has 2 fully saturated rings. The molecule has 3 heterocycles.